The fraction of sp³-hybridized carbons (Fsp3) is 0. The number of hydrogen-bond donors (Lipinski definition) is 0. The van der Waals surface area contributed by atoms with Crippen molar-refractivity contribution in [3.05, 3.63) is 174 Å². The van der Waals surface area contributed by atoms with E-state index in [1.54, 1.807) is 0 Å². The van der Waals surface area contributed by atoms with Crippen LogP contribution in [0.2, 0.25) is 0 Å². The molecule has 0 aliphatic rings. The second kappa shape index (κ2) is 11.4. The van der Waals surface area contributed by atoms with E-state index in [0.29, 0.717) is 16.8 Å². The van der Waals surface area contributed by atoms with Crippen LogP contribution in [0.4, 0.5) is 5.69 Å². The molecule has 0 fully saturated rings. The van der Waals surface area contributed by atoms with E-state index in [9.17, 15) is 10.5 Å². The van der Waals surface area contributed by atoms with E-state index >= 15 is 0 Å². The predicted octanol–water partition coefficient (Wildman–Crippen LogP) is 11.5. The number of benzene rings is 7. The Labute approximate surface area is 288 Å². The highest BCUT2D eigenvalue weighted by molar-refractivity contribution is 6.11. The highest BCUT2D eigenvalue weighted by Gasteiger charge is 2.18. The Hall–Kier alpha value is -7.39. The van der Waals surface area contributed by atoms with Crippen LogP contribution >= 0.6 is 0 Å². The van der Waals surface area contributed by atoms with Crippen LogP contribution in [0.3, 0.4) is 0 Å². The number of nitriles is 2. The SMILES string of the molecule is [C-]#[N+]c1ccc(-n2c3ccccc3c3cc(C#N)ccc32)cc1-c1cccc(-c2cc(C#N)ccc2-n2c3ccccc3c3ccccc32)c1. The van der Waals surface area contributed by atoms with Crippen molar-refractivity contribution in [3.8, 4) is 45.8 Å². The average Bonchev–Trinajstić information content (AvgIpc) is 3.70. The smallest absolute Gasteiger partial charge is 0.195 e. The Bertz CT molecular complexity index is 2920. The molecule has 0 saturated carbocycles. The maximum atomic E-state index is 9.97. The Morgan fingerprint density at radius 3 is 1.68 bits per heavy atom. The maximum Gasteiger partial charge on any atom is 0.195 e. The number of nitrogens with zero attached hydrogens (tertiary/aromatic N) is 5. The summed E-state index contributed by atoms with van der Waals surface area (Å²) in [5.74, 6) is 0. The summed E-state index contributed by atoms with van der Waals surface area (Å²) in [5, 5.41) is 24.0. The number of hydrogen-bond acceptors (Lipinski definition) is 2. The lowest BCUT2D eigenvalue weighted by Gasteiger charge is -2.16. The third-order valence-electron chi connectivity index (χ3n) is 9.59. The fourth-order valence-corrected chi connectivity index (χ4v) is 7.38. The fourth-order valence-electron chi connectivity index (χ4n) is 7.38. The van der Waals surface area contributed by atoms with Crippen LogP contribution < -0.4 is 0 Å². The van der Waals surface area contributed by atoms with Gasteiger partial charge >= 0.3 is 0 Å². The summed E-state index contributed by atoms with van der Waals surface area (Å²) >= 11 is 0. The van der Waals surface area contributed by atoms with Crippen molar-refractivity contribution in [1.29, 1.82) is 10.5 Å². The Morgan fingerprint density at radius 2 is 1.02 bits per heavy atom. The van der Waals surface area contributed by atoms with Gasteiger partial charge in [0.15, 0.2) is 5.69 Å². The quantitative estimate of drug-likeness (QED) is 0.181. The van der Waals surface area contributed by atoms with Gasteiger partial charge in [0, 0.05) is 32.8 Å². The summed E-state index contributed by atoms with van der Waals surface area (Å²) < 4.78 is 4.47. The summed E-state index contributed by atoms with van der Waals surface area (Å²) in [6.07, 6.45) is 0. The lowest BCUT2D eigenvalue weighted by atomic mass is 9.95. The van der Waals surface area contributed by atoms with Crippen LogP contribution in [0.1, 0.15) is 11.1 Å². The van der Waals surface area contributed by atoms with Gasteiger partial charge in [-0.25, -0.2) is 4.85 Å². The highest BCUT2D eigenvalue weighted by Crippen LogP contribution is 2.40. The monoisotopic (exact) mass is 635 g/mol. The summed E-state index contributed by atoms with van der Waals surface area (Å²) in [5.41, 5.74) is 11.4. The van der Waals surface area contributed by atoms with Crippen molar-refractivity contribution in [2.24, 2.45) is 0 Å². The van der Waals surface area contributed by atoms with Crippen molar-refractivity contribution < 1.29 is 0 Å². The molecule has 2 heterocycles. The first-order chi connectivity index (χ1) is 24.7. The maximum absolute atomic E-state index is 9.97. The first kappa shape index (κ1) is 28.8. The topological polar surface area (TPSA) is 61.8 Å². The molecule has 0 aliphatic carbocycles. The predicted molar refractivity (Wildman–Crippen MR) is 202 cm³/mol. The minimum absolute atomic E-state index is 0.548. The van der Waals surface area contributed by atoms with Gasteiger partial charge < -0.3 is 9.13 Å². The normalized spacial score (nSPS) is 11.1. The summed E-state index contributed by atoms with van der Waals surface area (Å²) in [6, 6.07) is 55.5. The van der Waals surface area contributed by atoms with Gasteiger partial charge in [-0.15, -0.1) is 0 Å². The molecule has 0 amide bonds. The molecule has 9 rings (SSSR count). The van der Waals surface area contributed by atoms with E-state index in [-0.39, 0.29) is 0 Å². The van der Waals surface area contributed by atoms with Gasteiger partial charge in [-0.3, -0.25) is 0 Å². The molecule has 0 spiro atoms. The van der Waals surface area contributed by atoms with Crippen LogP contribution in [0, 0.1) is 29.2 Å². The zero-order valence-electron chi connectivity index (χ0n) is 26.7. The van der Waals surface area contributed by atoms with Gasteiger partial charge in [-0.2, -0.15) is 10.5 Å². The second-order valence-electron chi connectivity index (χ2n) is 12.3. The number of para-hydroxylation sites is 3. The highest BCUT2D eigenvalue weighted by atomic mass is 15.0. The first-order valence-electron chi connectivity index (χ1n) is 16.3. The molecule has 0 saturated heterocycles. The molecule has 5 nitrogen and oxygen atoms in total. The van der Waals surface area contributed by atoms with Crippen molar-refractivity contribution in [3.63, 3.8) is 0 Å². The molecule has 50 heavy (non-hydrogen) atoms. The molecule has 0 atom stereocenters. The van der Waals surface area contributed by atoms with Crippen LogP contribution in [-0.2, 0) is 0 Å². The Kier molecular flexibility index (Phi) is 6.56. The zero-order chi connectivity index (χ0) is 33.8. The minimum atomic E-state index is 0.548. The van der Waals surface area contributed by atoms with Gasteiger partial charge in [0.05, 0.1) is 57.6 Å². The average molecular weight is 636 g/mol. The summed E-state index contributed by atoms with van der Waals surface area (Å²) in [4.78, 5) is 3.93. The van der Waals surface area contributed by atoms with Crippen molar-refractivity contribution >= 4 is 49.3 Å². The molecule has 2 aromatic heterocycles. The van der Waals surface area contributed by atoms with E-state index < -0.39 is 0 Å². The Balaban J connectivity index is 1.25. The van der Waals surface area contributed by atoms with Crippen molar-refractivity contribution in [1.82, 2.24) is 9.13 Å². The molecule has 0 aliphatic heterocycles. The van der Waals surface area contributed by atoms with E-state index in [0.717, 1.165) is 66.5 Å². The lowest BCUT2D eigenvalue weighted by molar-refractivity contribution is 1.18. The molecular weight excluding hydrogens is 611 g/mol. The standard InChI is InChI=1S/C45H25N5/c1-48-40-20-19-33(49-41-14-5-4-13-36(41)39-24-30(28-47)18-22-45(39)49)26-37(40)31-9-8-10-32(25-31)38-23-29(27-46)17-21-44(38)50-42-15-6-2-11-34(42)35-12-3-7-16-43(35)50/h2-26H. The van der Waals surface area contributed by atoms with Gasteiger partial charge in [-0.05, 0) is 89.5 Å². The molecule has 0 unspecified atom stereocenters. The van der Waals surface area contributed by atoms with Crippen LogP contribution in [0.25, 0.3) is 82.1 Å². The van der Waals surface area contributed by atoms with Gasteiger partial charge in [0.2, 0.25) is 0 Å². The van der Waals surface area contributed by atoms with Crippen LogP contribution in [-0.4, -0.2) is 9.13 Å². The molecule has 9 aromatic rings. The number of fused-ring (bicyclic) bond motifs is 6. The molecule has 230 valence electrons. The first-order valence-corrected chi connectivity index (χ1v) is 16.3. The second-order valence-corrected chi connectivity index (χ2v) is 12.3. The van der Waals surface area contributed by atoms with Crippen LogP contribution in [0.5, 0.6) is 0 Å². The van der Waals surface area contributed by atoms with E-state index in [4.69, 9.17) is 6.57 Å². The molecule has 0 N–H and O–H groups in total. The third-order valence-corrected chi connectivity index (χ3v) is 9.59. The molecule has 0 bridgehead atoms. The van der Waals surface area contributed by atoms with Gasteiger partial charge in [-0.1, -0.05) is 78.9 Å². The number of aromatic nitrogens is 2. The molecule has 0 radical (unpaired) electrons. The molecule has 7 aromatic carbocycles. The summed E-state index contributed by atoms with van der Waals surface area (Å²) in [6.45, 7) is 8.09. The van der Waals surface area contributed by atoms with E-state index in [2.05, 4.69) is 105 Å². The number of rotatable bonds is 4. The van der Waals surface area contributed by atoms with E-state index in [1.165, 1.54) is 10.8 Å². The Morgan fingerprint density at radius 1 is 0.460 bits per heavy atom. The zero-order valence-corrected chi connectivity index (χ0v) is 26.7. The van der Waals surface area contributed by atoms with Gasteiger partial charge in [0.25, 0.3) is 0 Å². The largest absolute Gasteiger partial charge is 0.309 e. The lowest BCUT2D eigenvalue weighted by Crippen LogP contribution is -1.98. The van der Waals surface area contributed by atoms with Crippen molar-refractivity contribution in [2.45, 2.75) is 0 Å². The minimum Gasteiger partial charge on any atom is -0.309 e. The molecule has 5 heteroatoms. The third kappa shape index (κ3) is 4.38. The summed E-state index contributed by atoms with van der Waals surface area (Å²) in [7, 11) is 0. The van der Waals surface area contributed by atoms with Crippen molar-refractivity contribution in [2.75, 3.05) is 0 Å². The molecular formula is C45H25N5. The van der Waals surface area contributed by atoms with E-state index in [1.807, 2.05) is 72.8 Å². The van der Waals surface area contributed by atoms with Gasteiger partial charge in [0.1, 0.15) is 0 Å². The van der Waals surface area contributed by atoms with Crippen LogP contribution in [0.15, 0.2) is 152 Å².